The summed E-state index contributed by atoms with van der Waals surface area (Å²) in [6.45, 7) is 6.15. The van der Waals surface area contributed by atoms with Crippen LogP contribution in [0, 0.1) is 0 Å². The van der Waals surface area contributed by atoms with Gasteiger partial charge in [-0.05, 0) is 31.4 Å². The Morgan fingerprint density at radius 1 is 1.36 bits per heavy atom. The van der Waals surface area contributed by atoms with Crippen LogP contribution < -0.4 is 0 Å². The first kappa shape index (κ1) is 16.7. The average Bonchev–Trinajstić information content (AvgIpc) is 2.86. The third-order valence-electron chi connectivity index (χ3n) is 4.13. The highest BCUT2D eigenvalue weighted by molar-refractivity contribution is 6.10. The topological polar surface area (TPSA) is 46.6 Å². The molecule has 1 aliphatic heterocycles. The number of amides is 1. The van der Waals surface area contributed by atoms with E-state index >= 15 is 0 Å². The number of carbonyl (C=O) groups excluding carboxylic acids is 2. The highest BCUT2D eigenvalue weighted by Gasteiger charge is 2.39. The van der Waals surface area contributed by atoms with Gasteiger partial charge in [-0.1, -0.05) is 37.2 Å². The number of fused-ring (bicyclic) bond motifs is 1. The van der Waals surface area contributed by atoms with Crippen molar-refractivity contribution >= 4 is 22.1 Å². The van der Waals surface area contributed by atoms with E-state index in [0.29, 0.717) is 19.0 Å². The predicted molar refractivity (Wildman–Crippen MR) is 85.8 cm³/mol. The Morgan fingerprint density at radius 2 is 2.05 bits per heavy atom. The first-order chi connectivity index (χ1) is 10.4. The monoisotopic (exact) mass is 316 g/mol. The van der Waals surface area contributed by atoms with Crippen molar-refractivity contribution < 1.29 is 14.3 Å². The van der Waals surface area contributed by atoms with Crippen LogP contribution in [0.3, 0.4) is 0 Å². The molecule has 1 heterocycles. The fourth-order valence-corrected chi connectivity index (χ4v) is 2.78. The van der Waals surface area contributed by atoms with Crippen LogP contribution in [0.1, 0.15) is 50.8 Å². The van der Waals surface area contributed by atoms with Gasteiger partial charge in [-0.25, -0.2) is 4.79 Å². The van der Waals surface area contributed by atoms with Crippen molar-refractivity contribution in [2.45, 2.75) is 57.8 Å². The zero-order valence-corrected chi connectivity index (χ0v) is 14.4. The molecule has 0 saturated carbocycles. The quantitative estimate of drug-likeness (QED) is 0.782. The van der Waals surface area contributed by atoms with E-state index in [-0.39, 0.29) is 5.78 Å². The Hall–Kier alpha value is -1.62. The van der Waals surface area contributed by atoms with Gasteiger partial charge in [-0.2, -0.15) is 0 Å². The second-order valence-electron chi connectivity index (χ2n) is 6.18. The molecule has 4 nitrogen and oxygen atoms in total. The summed E-state index contributed by atoms with van der Waals surface area (Å²) in [6, 6.07) is 7.76. The summed E-state index contributed by atoms with van der Waals surface area (Å²) in [5.41, 5.74) is 1.40. The first-order valence-corrected chi connectivity index (χ1v) is 8.35. The summed E-state index contributed by atoms with van der Waals surface area (Å²) < 4.78 is 5.58. The predicted octanol–water partition coefficient (Wildman–Crippen LogP) is 3.41. The summed E-state index contributed by atoms with van der Waals surface area (Å²) in [5.74, 6) is 0.0335. The van der Waals surface area contributed by atoms with Crippen LogP contribution >= 0.6 is 0 Å². The van der Waals surface area contributed by atoms with Crippen molar-refractivity contribution in [1.29, 1.82) is 0 Å². The van der Waals surface area contributed by atoms with Crippen molar-refractivity contribution in [3.63, 3.8) is 0 Å². The molecule has 1 aliphatic rings. The fraction of sp³-hybridized carbons (Fsp3) is 0.529. The molecule has 1 amide bonds. The Labute approximate surface area is 135 Å². The molecule has 0 saturated heterocycles. The molecule has 2 rings (SSSR count). The van der Waals surface area contributed by atoms with Crippen molar-refractivity contribution in [2.24, 2.45) is 0 Å². The van der Waals surface area contributed by atoms with Crippen molar-refractivity contribution in [1.82, 2.24) is 4.90 Å². The molecule has 0 bridgehead atoms. The lowest BCUT2D eigenvalue weighted by atomic mass is 10.0. The molecule has 3 radical (unpaired) electrons. The molecule has 0 N–H and O–H groups in total. The summed E-state index contributed by atoms with van der Waals surface area (Å²) in [5, 5.41) is 0. The van der Waals surface area contributed by atoms with Crippen LogP contribution in [0.15, 0.2) is 24.3 Å². The first-order valence-electron chi connectivity index (χ1n) is 7.64. The molecule has 22 heavy (non-hydrogen) atoms. The Kier molecular flexibility index (Phi) is 5.06. The number of rotatable bonds is 5. The lowest BCUT2D eigenvalue weighted by Crippen LogP contribution is -2.39. The Morgan fingerprint density at radius 3 is 2.68 bits per heavy atom. The molecule has 0 spiro atoms. The Bertz CT molecular complexity index is 571. The molecule has 117 valence electrons. The molecule has 0 fully saturated rings. The maximum atomic E-state index is 12.5. The van der Waals surface area contributed by atoms with Gasteiger partial charge in [-0.15, -0.1) is 0 Å². The van der Waals surface area contributed by atoms with Gasteiger partial charge in [0.15, 0.2) is 5.78 Å². The van der Waals surface area contributed by atoms with Crippen molar-refractivity contribution in [3.05, 3.63) is 35.4 Å². The minimum Gasteiger partial charge on any atom is -0.443 e. The molecule has 1 unspecified atom stereocenters. The minimum atomic E-state index is -0.535. The number of hydrogen-bond donors (Lipinski definition) is 0. The van der Waals surface area contributed by atoms with Gasteiger partial charge in [0, 0.05) is 16.7 Å². The van der Waals surface area contributed by atoms with Crippen LogP contribution in [0.2, 0.25) is 6.04 Å². The summed E-state index contributed by atoms with van der Waals surface area (Å²) in [7, 11) is 3.35. The second-order valence-corrected chi connectivity index (χ2v) is 6.68. The molecule has 0 aromatic heterocycles. The van der Waals surface area contributed by atoms with E-state index in [1.54, 1.807) is 4.90 Å². The largest absolute Gasteiger partial charge is 0.443 e. The van der Waals surface area contributed by atoms with Gasteiger partial charge in [0.05, 0.1) is 6.54 Å². The molecular formula is C17H22NO3Si. The standard InChI is InChI=1S/C17H22NO3Si/c1-4-17(2,3)21-16(20)18-11-12-7-5-6-8-13(12)15(18)14(19)9-10-22/h5-8,15H,4,9-11H2,1-3H3. The van der Waals surface area contributed by atoms with Crippen LogP contribution in [0.25, 0.3) is 0 Å². The van der Waals surface area contributed by atoms with Crippen LogP contribution in [-0.4, -0.2) is 32.6 Å². The number of ketones is 1. The third kappa shape index (κ3) is 3.40. The summed E-state index contributed by atoms with van der Waals surface area (Å²) >= 11 is 0. The lowest BCUT2D eigenvalue weighted by Gasteiger charge is -2.29. The van der Waals surface area contributed by atoms with Gasteiger partial charge in [0.25, 0.3) is 0 Å². The van der Waals surface area contributed by atoms with Gasteiger partial charge in [0.1, 0.15) is 11.6 Å². The molecule has 0 aliphatic carbocycles. The average molecular weight is 316 g/mol. The number of Topliss-reactive ketones (excluding diaryl/α,β-unsaturated/α-hetero) is 1. The van der Waals surface area contributed by atoms with Gasteiger partial charge < -0.3 is 4.74 Å². The zero-order valence-electron chi connectivity index (χ0n) is 13.4. The van der Waals surface area contributed by atoms with E-state index in [1.165, 1.54) is 0 Å². The summed E-state index contributed by atoms with van der Waals surface area (Å²) in [4.78, 5) is 26.6. The summed E-state index contributed by atoms with van der Waals surface area (Å²) in [6.07, 6.45) is 0.686. The van der Waals surface area contributed by atoms with Crippen molar-refractivity contribution in [2.75, 3.05) is 0 Å². The molecule has 1 atom stereocenters. The highest BCUT2D eigenvalue weighted by Crippen LogP contribution is 2.36. The molecule has 1 aromatic rings. The number of carbonyl (C=O) groups is 2. The third-order valence-corrected chi connectivity index (χ3v) is 4.38. The smallest absolute Gasteiger partial charge is 0.411 e. The van der Waals surface area contributed by atoms with Crippen LogP contribution in [-0.2, 0) is 16.1 Å². The maximum absolute atomic E-state index is 12.5. The van der Waals surface area contributed by atoms with Gasteiger partial charge in [-0.3, -0.25) is 9.69 Å². The maximum Gasteiger partial charge on any atom is 0.411 e. The number of nitrogens with zero attached hydrogens (tertiary/aromatic N) is 1. The van der Waals surface area contributed by atoms with E-state index in [1.807, 2.05) is 45.0 Å². The van der Waals surface area contributed by atoms with Crippen LogP contribution in [0.4, 0.5) is 4.79 Å². The van der Waals surface area contributed by atoms with Gasteiger partial charge >= 0.3 is 6.09 Å². The molecule has 5 heteroatoms. The van der Waals surface area contributed by atoms with E-state index in [4.69, 9.17) is 4.74 Å². The number of ether oxygens (including phenoxy) is 1. The SMILES string of the molecule is CCC(C)(C)OC(=O)N1Cc2ccccc2C1C(=O)CC[Si]. The molecular weight excluding hydrogens is 294 g/mol. The van der Waals surface area contributed by atoms with Gasteiger partial charge in [0.2, 0.25) is 0 Å². The lowest BCUT2D eigenvalue weighted by molar-refractivity contribution is -0.124. The van der Waals surface area contributed by atoms with Crippen LogP contribution in [0.5, 0.6) is 0 Å². The Balaban J connectivity index is 2.27. The minimum absolute atomic E-state index is 0.0335. The number of benzene rings is 1. The number of hydrogen-bond acceptors (Lipinski definition) is 3. The fourth-order valence-electron chi connectivity index (χ4n) is 2.53. The van der Waals surface area contributed by atoms with Crippen molar-refractivity contribution in [3.8, 4) is 0 Å². The van der Waals surface area contributed by atoms with E-state index in [9.17, 15) is 9.59 Å². The normalized spacial score (nSPS) is 17.3. The second kappa shape index (κ2) is 6.65. The highest BCUT2D eigenvalue weighted by atomic mass is 28.1. The molecule has 1 aromatic carbocycles. The van der Waals surface area contributed by atoms with E-state index in [2.05, 4.69) is 10.2 Å². The van der Waals surface area contributed by atoms with E-state index in [0.717, 1.165) is 17.5 Å². The zero-order chi connectivity index (χ0) is 16.3. The van der Waals surface area contributed by atoms with E-state index < -0.39 is 17.7 Å².